The SMILES string of the molecule is CC(O)C(=O)N1CCC(c2nc3c(-c4ccc(-c5ccc6c(c5)CNC6=O)nc4)cnn3c(N)c2CC=O)CC1. The van der Waals surface area contributed by atoms with Gasteiger partial charge in [0.1, 0.15) is 18.2 Å². The summed E-state index contributed by atoms with van der Waals surface area (Å²) in [6, 6.07) is 9.57. The second kappa shape index (κ2) is 10.2. The molecule has 2 aliphatic heterocycles. The monoisotopic (exact) mass is 539 g/mol. The number of aldehydes is 1. The molecule has 204 valence electrons. The third kappa shape index (κ3) is 4.37. The number of carbonyl (C=O) groups is 3. The number of nitrogens with zero attached hydrogens (tertiary/aromatic N) is 5. The number of hydrogen-bond donors (Lipinski definition) is 3. The molecule has 0 saturated carbocycles. The Morgan fingerprint density at radius 2 is 1.95 bits per heavy atom. The molecule has 0 bridgehead atoms. The van der Waals surface area contributed by atoms with E-state index >= 15 is 0 Å². The molecule has 0 aliphatic carbocycles. The van der Waals surface area contributed by atoms with Crippen LogP contribution in [0, 0.1) is 0 Å². The van der Waals surface area contributed by atoms with Gasteiger partial charge in [-0.15, -0.1) is 0 Å². The summed E-state index contributed by atoms with van der Waals surface area (Å²) in [5.74, 6) is 0.0317. The highest BCUT2D eigenvalue weighted by Gasteiger charge is 2.30. The van der Waals surface area contributed by atoms with E-state index in [1.54, 1.807) is 21.8 Å². The average molecular weight is 540 g/mol. The fraction of sp³-hybridized carbons (Fsp3) is 0.310. The van der Waals surface area contributed by atoms with Crippen molar-refractivity contribution < 1.29 is 19.5 Å². The smallest absolute Gasteiger partial charge is 0.251 e. The number of likely N-dealkylation sites (tertiary alicyclic amines) is 1. The fourth-order valence-corrected chi connectivity index (χ4v) is 5.65. The molecule has 1 saturated heterocycles. The van der Waals surface area contributed by atoms with Crippen LogP contribution >= 0.6 is 0 Å². The van der Waals surface area contributed by atoms with E-state index < -0.39 is 6.10 Å². The quantitative estimate of drug-likeness (QED) is 0.315. The van der Waals surface area contributed by atoms with Crippen LogP contribution in [0.2, 0.25) is 0 Å². The van der Waals surface area contributed by atoms with Crippen molar-refractivity contribution in [2.24, 2.45) is 0 Å². The van der Waals surface area contributed by atoms with Crippen LogP contribution in [-0.4, -0.2) is 66.9 Å². The van der Waals surface area contributed by atoms with Gasteiger partial charge in [0.15, 0.2) is 5.65 Å². The number of piperidine rings is 1. The number of aliphatic hydroxyl groups is 1. The maximum absolute atomic E-state index is 12.2. The fourth-order valence-electron chi connectivity index (χ4n) is 5.65. The molecule has 3 aromatic heterocycles. The van der Waals surface area contributed by atoms with E-state index in [-0.39, 0.29) is 24.2 Å². The minimum absolute atomic E-state index is 0.00438. The molecule has 5 heterocycles. The number of fused-ring (bicyclic) bond motifs is 2. The van der Waals surface area contributed by atoms with Crippen LogP contribution in [0.1, 0.15) is 52.9 Å². The van der Waals surface area contributed by atoms with Crippen molar-refractivity contribution in [2.75, 3.05) is 18.8 Å². The first-order chi connectivity index (χ1) is 19.4. The maximum Gasteiger partial charge on any atom is 0.251 e. The molecule has 4 aromatic rings. The van der Waals surface area contributed by atoms with E-state index in [0.717, 1.165) is 39.9 Å². The van der Waals surface area contributed by atoms with Gasteiger partial charge in [0.25, 0.3) is 11.8 Å². The lowest BCUT2D eigenvalue weighted by Crippen LogP contribution is -2.42. The Balaban J connectivity index is 1.33. The number of aromatic nitrogens is 4. The second-order valence-electron chi connectivity index (χ2n) is 10.3. The van der Waals surface area contributed by atoms with E-state index in [1.165, 1.54) is 6.92 Å². The van der Waals surface area contributed by atoms with Crippen LogP contribution < -0.4 is 11.1 Å². The molecule has 1 unspecified atom stereocenters. The molecule has 6 rings (SSSR count). The summed E-state index contributed by atoms with van der Waals surface area (Å²) in [6.45, 7) is 2.97. The van der Waals surface area contributed by atoms with Crippen molar-refractivity contribution >= 4 is 29.6 Å². The van der Waals surface area contributed by atoms with Crippen molar-refractivity contribution in [2.45, 2.75) is 44.8 Å². The van der Waals surface area contributed by atoms with Crippen LogP contribution in [0.4, 0.5) is 5.82 Å². The zero-order valence-corrected chi connectivity index (χ0v) is 22.0. The summed E-state index contributed by atoms with van der Waals surface area (Å²) in [6.07, 6.45) is 4.64. The van der Waals surface area contributed by atoms with E-state index in [2.05, 4.69) is 15.4 Å². The molecule has 11 nitrogen and oxygen atoms in total. The van der Waals surface area contributed by atoms with Crippen LogP contribution in [-0.2, 0) is 22.6 Å². The van der Waals surface area contributed by atoms with Gasteiger partial charge in [-0.05, 0) is 43.5 Å². The average Bonchev–Trinajstić information content (AvgIpc) is 3.57. The predicted molar refractivity (Wildman–Crippen MR) is 147 cm³/mol. The predicted octanol–water partition coefficient (Wildman–Crippen LogP) is 2.11. The number of nitrogens with two attached hydrogens (primary N) is 1. The largest absolute Gasteiger partial charge is 0.384 e. The Bertz CT molecular complexity index is 1640. The number of nitrogens with one attached hydrogen (secondary N) is 1. The Morgan fingerprint density at radius 1 is 1.18 bits per heavy atom. The van der Waals surface area contributed by atoms with E-state index in [4.69, 9.17) is 10.7 Å². The number of nitrogen functional groups attached to an aromatic ring is 1. The Labute approximate surface area is 230 Å². The number of aliphatic hydroxyl groups excluding tert-OH is 1. The zero-order chi connectivity index (χ0) is 28.0. The third-order valence-electron chi connectivity index (χ3n) is 7.81. The summed E-state index contributed by atoms with van der Waals surface area (Å²) in [5.41, 5.74) is 13.4. The molecule has 0 spiro atoms. The summed E-state index contributed by atoms with van der Waals surface area (Å²) < 4.78 is 1.56. The van der Waals surface area contributed by atoms with Gasteiger partial charge in [-0.25, -0.2) is 4.98 Å². The highest BCUT2D eigenvalue weighted by Crippen LogP contribution is 2.35. The molecule has 2 amide bonds. The van der Waals surface area contributed by atoms with Gasteiger partial charge in [-0.1, -0.05) is 12.1 Å². The molecule has 11 heteroatoms. The Morgan fingerprint density at radius 3 is 2.65 bits per heavy atom. The topological polar surface area (TPSA) is 156 Å². The van der Waals surface area contributed by atoms with Crippen molar-refractivity contribution in [3.63, 3.8) is 0 Å². The normalized spacial score (nSPS) is 16.1. The van der Waals surface area contributed by atoms with Crippen LogP contribution in [0.15, 0.2) is 42.7 Å². The number of anilines is 1. The molecule has 0 radical (unpaired) electrons. The Kier molecular flexibility index (Phi) is 6.51. The van der Waals surface area contributed by atoms with Crippen LogP contribution in [0.25, 0.3) is 28.0 Å². The molecular formula is C29H29N7O4. The van der Waals surface area contributed by atoms with Gasteiger partial charge >= 0.3 is 0 Å². The minimum atomic E-state index is -1.04. The van der Waals surface area contributed by atoms with Crippen molar-refractivity contribution in [3.8, 4) is 22.4 Å². The number of amides is 2. The van der Waals surface area contributed by atoms with Gasteiger partial charge in [0.2, 0.25) is 0 Å². The highest BCUT2D eigenvalue weighted by molar-refractivity contribution is 5.98. The van der Waals surface area contributed by atoms with Crippen molar-refractivity contribution in [1.29, 1.82) is 0 Å². The van der Waals surface area contributed by atoms with E-state index in [1.807, 2.05) is 30.3 Å². The Hall–Kier alpha value is -4.64. The van der Waals surface area contributed by atoms with Gasteiger partial charge in [0.05, 0.1) is 17.6 Å². The standard InChI is InChI=1S/C29H29N7O4/c1-16(38)29(40)35-9-6-17(7-10-35)25-22(8-11-37)26(30)36-27(34-25)23(15-33-36)19-3-5-24(31-13-19)18-2-4-21-20(12-18)14-32-28(21)39/h2-5,11-13,15-17,38H,6-10,14,30H2,1H3,(H,32,39). The minimum Gasteiger partial charge on any atom is -0.384 e. The van der Waals surface area contributed by atoms with Crippen molar-refractivity contribution in [3.05, 3.63) is 65.1 Å². The summed E-state index contributed by atoms with van der Waals surface area (Å²) in [4.78, 5) is 47.0. The maximum atomic E-state index is 12.2. The summed E-state index contributed by atoms with van der Waals surface area (Å²) >= 11 is 0. The number of hydrogen-bond acceptors (Lipinski definition) is 8. The molecule has 2 aliphatic rings. The number of pyridine rings is 1. The zero-order valence-electron chi connectivity index (χ0n) is 22.0. The number of rotatable bonds is 6. The molecule has 1 fully saturated rings. The summed E-state index contributed by atoms with van der Waals surface area (Å²) in [5, 5.41) is 17.0. The van der Waals surface area contributed by atoms with E-state index in [0.29, 0.717) is 55.1 Å². The van der Waals surface area contributed by atoms with Gasteiger partial charge in [-0.3, -0.25) is 14.6 Å². The first-order valence-electron chi connectivity index (χ1n) is 13.3. The van der Waals surface area contributed by atoms with E-state index in [9.17, 15) is 19.5 Å². The lowest BCUT2D eigenvalue weighted by Gasteiger charge is -2.33. The molecular weight excluding hydrogens is 510 g/mol. The third-order valence-corrected chi connectivity index (χ3v) is 7.81. The molecule has 40 heavy (non-hydrogen) atoms. The van der Waals surface area contributed by atoms with Crippen LogP contribution in [0.5, 0.6) is 0 Å². The number of carbonyl (C=O) groups excluding carboxylic acids is 3. The first kappa shape index (κ1) is 25.6. The lowest BCUT2D eigenvalue weighted by molar-refractivity contribution is -0.140. The second-order valence-corrected chi connectivity index (χ2v) is 10.3. The molecule has 1 aromatic carbocycles. The lowest BCUT2D eigenvalue weighted by atomic mass is 9.89. The number of benzene rings is 1. The first-order valence-corrected chi connectivity index (χ1v) is 13.3. The summed E-state index contributed by atoms with van der Waals surface area (Å²) in [7, 11) is 0. The van der Waals surface area contributed by atoms with Gasteiger partial charge in [0, 0.05) is 66.0 Å². The molecule has 4 N–H and O–H groups in total. The highest BCUT2D eigenvalue weighted by atomic mass is 16.3. The van der Waals surface area contributed by atoms with Crippen LogP contribution in [0.3, 0.4) is 0 Å². The van der Waals surface area contributed by atoms with Gasteiger partial charge < -0.3 is 25.9 Å². The van der Waals surface area contributed by atoms with Crippen molar-refractivity contribution in [1.82, 2.24) is 29.8 Å². The molecule has 1 atom stereocenters. The van der Waals surface area contributed by atoms with Gasteiger partial charge in [-0.2, -0.15) is 9.61 Å².